The van der Waals surface area contributed by atoms with E-state index in [1.165, 1.54) is 12.8 Å². The Bertz CT molecular complexity index is 398. The minimum absolute atomic E-state index is 0.298. The third-order valence-electron chi connectivity index (χ3n) is 2.89. The zero-order valence-corrected chi connectivity index (χ0v) is 12.9. The maximum atomic E-state index is 5.40. The Labute approximate surface area is 120 Å². The zero-order valence-electron chi connectivity index (χ0n) is 12.9. The summed E-state index contributed by atoms with van der Waals surface area (Å²) in [6.07, 6.45) is 3.48. The summed E-state index contributed by atoms with van der Waals surface area (Å²) in [5, 5.41) is 0. The molecule has 7 heteroatoms. The molecule has 0 amide bonds. The van der Waals surface area contributed by atoms with E-state index < -0.39 is 0 Å². The summed E-state index contributed by atoms with van der Waals surface area (Å²) in [7, 11) is 0. The lowest BCUT2D eigenvalue weighted by Crippen LogP contribution is -2.34. The van der Waals surface area contributed by atoms with Crippen LogP contribution in [0.4, 0.5) is 11.9 Å². The fourth-order valence-corrected chi connectivity index (χ4v) is 1.85. The largest absolute Gasteiger partial charge is 0.464 e. The molecule has 0 bridgehead atoms. The van der Waals surface area contributed by atoms with Gasteiger partial charge in [0, 0.05) is 12.6 Å². The fraction of sp³-hybridized carbons (Fsp3) is 0.769. The normalized spacial score (nSPS) is 10.7. The molecule has 0 aromatic carbocycles. The molecule has 0 unspecified atom stereocenters. The molecule has 1 heterocycles. The number of nitrogens with two attached hydrogens (primary N) is 1. The molecule has 20 heavy (non-hydrogen) atoms. The van der Waals surface area contributed by atoms with Gasteiger partial charge in [0.1, 0.15) is 0 Å². The average molecular weight is 282 g/mol. The van der Waals surface area contributed by atoms with E-state index in [4.69, 9.17) is 10.6 Å². The van der Waals surface area contributed by atoms with Crippen LogP contribution in [0.15, 0.2) is 0 Å². The second-order valence-electron chi connectivity index (χ2n) is 4.81. The van der Waals surface area contributed by atoms with E-state index in [2.05, 4.69) is 46.0 Å². The van der Waals surface area contributed by atoms with Crippen molar-refractivity contribution in [2.24, 2.45) is 5.84 Å². The third kappa shape index (κ3) is 4.80. The quantitative estimate of drug-likeness (QED) is 0.406. The molecule has 0 saturated carbocycles. The summed E-state index contributed by atoms with van der Waals surface area (Å²) in [5.74, 6) is 6.32. The van der Waals surface area contributed by atoms with Gasteiger partial charge in [-0.15, -0.1) is 0 Å². The molecule has 0 saturated heterocycles. The summed E-state index contributed by atoms with van der Waals surface area (Å²) < 4.78 is 5.36. The van der Waals surface area contributed by atoms with Gasteiger partial charge >= 0.3 is 6.01 Å². The van der Waals surface area contributed by atoms with Crippen LogP contribution in [0, 0.1) is 0 Å². The summed E-state index contributed by atoms with van der Waals surface area (Å²) in [4.78, 5) is 14.9. The van der Waals surface area contributed by atoms with E-state index in [0.717, 1.165) is 13.0 Å². The van der Waals surface area contributed by atoms with Crippen LogP contribution < -0.4 is 20.9 Å². The van der Waals surface area contributed by atoms with Crippen LogP contribution in [-0.4, -0.2) is 34.1 Å². The lowest BCUT2D eigenvalue weighted by molar-refractivity contribution is 0.311. The molecule has 0 aliphatic carbocycles. The van der Waals surface area contributed by atoms with Crippen LogP contribution in [0.5, 0.6) is 6.01 Å². The van der Waals surface area contributed by atoms with E-state index in [1.807, 2.05) is 6.92 Å². The maximum absolute atomic E-state index is 5.40. The van der Waals surface area contributed by atoms with Crippen LogP contribution in [0.3, 0.4) is 0 Å². The molecule has 0 radical (unpaired) electrons. The van der Waals surface area contributed by atoms with Crippen molar-refractivity contribution in [1.29, 1.82) is 0 Å². The van der Waals surface area contributed by atoms with Crippen molar-refractivity contribution in [3.05, 3.63) is 0 Å². The minimum atomic E-state index is 0.298. The number of hydrogen-bond donors (Lipinski definition) is 2. The van der Waals surface area contributed by atoms with Crippen LogP contribution in [0.1, 0.15) is 47.0 Å². The summed E-state index contributed by atoms with van der Waals surface area (Å²) in [5.41, 5.74) is 2.46. The highest BCUT2D eigenvalue weighted by Crippen LogP contribution is 2.17. The predicted molar refractivity (Wildman–Crippen MR) is 80.8 cm³/mol. The lowest BCUT2D eigenvalue weighted by atomic mass is 10.2. The van der Waals surface area contributed by atoms with Crippen molar-refractivity contribution < 1.29 is 4.74 Å². The standard InChI is InChI=1S/C13H26N6O/c1-5-7-8-9-19(10(3)4)12-15-11(18-14)16-13(17-12)20-6-2/h10H,5-9,14H2,1-4H3,(H,15,16,17,18). The Hall–Kier alpha value is -1.63. The van der Waals surface area contributed by atoms with Crippen LogP contribution in [-0.2, 0) is 0 Å². The molecular weight excluding hydrogens is 256 g/mol. The van der Waals surface area contributed by atoms with Crippen LogP contribution in [0.2, 0.25) is 0 Å². The van der Waals surface area contributed by atoms with Crippen LogP contribution in [0.25, 0.3) is 0 Å². The van der Waals surface area contributed by atoms with E-state index in [-0.39, 0.29) is 0 Å². The number of aromatic nitrogens is 3. The van der Waals surface area contributed by atoms with Gasteiger partial charge in [-0.25, -0.2) is 5.84 Å². The van der Waals surface area contributed by atoms with E-state index in [9.17, 15) is 0 Å². The Morgan fingerprint density at radius 1 is 1.20 bits per heavy atom. The maximum Gasteiger partial charge on any atom is 0.323 e. The Morgan fingerprint density at radius 3 is 2.50 bits per heavy atom. The molecule has 0 fully saturated rings. The Kier molecular flexibility index (Phi) is 7.00. The van der Waals surface area contributed by atoms with Gasteiger partial charge in [-0.3, -0.25) is 5.43 Å². The summed E-state index contributed by atoms with van der Waals surface area (Å²) >= 11 is 0. The number of nitrogens with zero attached hydrogens (tertiary/aromatic N) is 4. The van der Waals surface area contributed by atoms with Crippen LogP contribution >= 0.6 is 0 Å². The van der Waals surface area contributed by atoms with Gasteiger partial charge < -0.3 is 9.64 Å². The topological polar surface area (TPSA) is 89.2 Å². The van der Waals surface area contributed by atoms with Gasteiger partial charge in [-0.05, 0) is 27.2 Å². The number of hydrazine groups is 1. The number of hydrogen-bond acceptors (Lipinski definition) is 7. The SMILES string of the molecule is CCCCCN(c1nc(NN)nc(OCC)n1)C(C)C. The monoisotopic (exact) mass is 282 g/mol. The van der Waals surface area contributed by atoms with Gasteiger partial charge in [0.25, 0.3) is 0 Å². The molecule has 0 spiro atoms. The number of nitrogens with one attached hydrogen (secondary N) is 1. The molecule has 114 valence electrons. The average Bonchev–Trinajstić information content (AvgIpc) is 2.43. The first-order valence-electron chi connectivity index (χ1n) is 7.24. The molecule has 3 N–H and O–H groups in total. The van der Waals surface area contributed by atoms with E-state index in [0.29, 0.717) is 30.6 Å². The highest BCUT2D eigenvalue weighted by atomic mass is 16.5. The number of ether oxygens (including phenoxy) is 1. The van der Waals surface area contributed by atoms with Crippen molar-refractivity contribution in [2.45, 2.75) is 53.0 Å². The van der Waals surface area contributed by atoms with Gasteiger partial charge in [0.05, 0.1) is 6.61 Å². The minimum Gasteiger partial charge on any atom is -0.464 e. The second-order valence-corrected chi connectivity index (χ2v) is 4.81. The molecule has 1 aromatic heterocycles. The van der Waals surface area contributed by atoms with Crippen molar-refractivity contribution in [3.8, 4) is 6.01 Å². The fourth-order valence-electron chi connectivity index (χ4n) is 1.85. The van der Waals surface area contributed by atoms with E-state index in [1.54, 1.807) is 0 Å². The molecule has 0 atom stereocenters. The Balaban J connectivity index is 2.95. The van der Waals surface area contributed by atoms with E-state index >= 15 is 0 Å². The third-order valence-corrected chi connectivity index (χ3v) is 2.89. The van der Waals surface area contributed by atoms with Gasteiger partial charge in [0.15, 0.2) is 0 Å². The molecule has 7 nitrogen and oxygen atoms in total. The first-order chi connectivity index (χ1) is 9.62. The zero-order chi connectivity index (χ0) is 15.0. The number of nitrogen functional groups attached to an aromatic ring is 1. The van der Waals surface area contributed by atoms with Crippen molar-refractivity contribution in [3.63, 3.8) is 0 Å². The second kappa shape index (κ2) is 8.52. The predicted octanol–water partition coefficient (Wildman–Crippen LogP) is 1.96. The summed E-state index contributed by atoms with van der Waals surface area (Å²) in [6, 6.07) is 0.598. The van der Waals surface area contributed by atoms with Gasteiger partial charge in [0.2, 0.25) is 11.9 Å². The lowest BCUT2D eigenvalue weighted by Gasteiger charge is -2.27. The molecule has 1 rings (SSSR count). The molecular formula is C13H26N6O. The van der Waals surface area contributed by atoms with Gasteiger partial charge in [-0.2, -0.15) is 15.0 Å². The van der Waals surface area contributed by atoms with Crippen molar-refractivity contribution in [1.82, 2.24) is 15.0 Å². The number of rotatable bonds is 9. The smallest absolute Gasteiger partial charge is 0.323 e. The highest BCUT2D eigenvalue weighted by Gasteiger charge is 2.16. The highest BCUT2D eigenvalue weighted by molar-refractivity contribution is 5.38. The van der Waals surface area contributed by atoms with Crippen molar-refractivity contribution >= 4 is 11.9 Å². The first-order valence-corrected chi connectivity index (χ1v) is 7.24. The Morgan fingerprint density at radius 2 is 1.95 bits per heavy atom. The molecule has 0 aliphatic heterocycles. The summed E-state index contributed by atoms with van der Waals surface area (Å²) in [6.45, 7) is 9.72. The number of anilines is 2. The van der Waals surface area contributed by atoms with Crippen molar-refractivity contribution in [2.75, 3.05) is 23.5 Å². The van der Waals surface area contributed by atoms with Gasteiger partial charge in [-0.1, -0.05) is 19.8 Å². The molecule has 1 aromatic rings. The first kappa shape index (κ1) is 16.4. The number of unbranched alkanes of at least 4 members (excludes halogenated alkanes) is 2. The molecule has 0 aliphatic rings.